The molecule has 1 saturated heterocycles. The number of piperidine rings is 1. The van der Waals surface area contributed by atoms with Crippen molar-refractivity contribution in [2.24, 2.45) is 5.92 Å². The molecule has 1 heterocycles. The number of rotatable bonds is 3. The maximum absolute atomic E-state index is 12.5. The lowest BCUT2D eigenvalue weighted by atomic mass is 9.66. The van der Waals surface area contributed by atoms with Gasteiger partial charge in [0.1, 0.15) is 5.75 Å². The number of fused-ring (bicyclic) bond motifs is 1. The van der Waals surface area contributed by atoms with Crippen LogP contribution < -0.4 is 4.74 Å². The summed E-state index contributed by atoms with van der Waals surface area (Å²) in [5.74, 6) is 0.842. The SMILES string of the molecule is CCOC(=O)N1CC[C@@]2(O)CCCC[C@@H]2[C@@H]1c1ccc(OC)cc1. The van der Waals surface area contributed by atoms with Crippen LogP contribution in [0.2, 0.25) is 0 Å². The summed E-state index contributed by atoms with van der Waals surface area (Å²) in [4.78, 5) is 14.3. The Morgan fingerprint density at radius 1 is 1.29 bits per heavy atom. The molecule has 0 aromatic heterocycles. The third-order valence-electron chi connectivity index (χ3n) is 5.53. The first-order chi connectivity index (χ1) is 11.6. The second kappa shape index (κ2) is 7.01. The molecule has 1 aromatic rings. The zero-order valence-electron chi connectivity index (χ0n) is 14.5. The standard InChI is InChI=1S/C19H27NO4/c1-3-24-18(21)20-13-12-19(22)11-5-4-6-16(19)17(20)14-7-9-15(23-2)10-8-14/h7-10,16-17,22H,3-6,11-13H2,1-2H3/t16-,17+,19+/m1/s1. The van der Waals surface area contributed by atoms with Crippen molar-refractivity contribution in [3.05, 3.63) is 29.8 Å². The van der Waals surface area contributed by atoms with Crippen LogP contribution in [0.1, 0.15) is 50.6 Å². The van der Waals surface area contributed by atoms with Crippen molar-refractivity contribution in [3.63, 3.8) is 0 Å². The zero-order chi connectivity index (χ0) is 17.2. The summed E-state index contributed by atoms with van der Waals surface area (Å²) in [6.07, 6.45) is 4.25. The predicted octanol–water partition coefficient (Wildman–Crippen LogP) is 3.52. The molecule has 1 aromatic carbocycles. The van der Waals surface area contributed by atoms with E-state index in [-0.39, 0.29) is 18.1 Å². The fraction of sp³-hybridized carbons (Fsp3) is 0.632. The third-order valence-corrected chi connectivity index (χ3v) is 5.53. The Kier molecular flexibility index (Phi) is 4.99. The van der Waals surface area contributed by atoms with Gasteiger partial charge in [0.05, 0.1) is 25.4 Å². The second-order valence-corrected chi connectivity index (χ2v) is 6.82. The molecule has 1 amide bonds. The van der Waals surface area contributed by atoms with Gasteiger partial charge in [-0.25, -0.2) is 4.79 Å². The van der Waals surface area contributed by atoms with E-state index in [0.717, 1.165) is 37.0 Å². The Balaban J connectivity index is 1.96. The molecular formula is C19H27NO4. The number of ether oxygens (including phenoxy) is 2. The summed E-state index contributed by atoms with van der Waals surface area (Å²) < 4.78 is 10.5. The Morgan fingerprint density at radius 2 is 2.04 bits per heavy atom. The van der Waals surface area contributed by atoms with Gasteiger partial charge in [0.25, 0.3) is 0 Å². The second-order valence-electron chi connectivity index (χ2n) is 6.82. The Hall–Kier alpha value is -1.75. The van der Waals surface area contributed by atoms with Gasteiger partial charge in [-0.1, -0.05) is 25.0 Å². The number of methoxy groups -OCH3 is 1. The highest BCUT2D eigenvalue weighted by molar-refractivity contribution is 5.68. The summed E-state index contributed by atoms with van der Waals surface area (Å²) in [5, 5.41) is 11.1. The molecule has 3 rings (SSSR count). The van der Waals surface area contributed by atoms with E-state index in [1.165, 1.54) is 0 Å². The third kappa shape index (κ3) is 3.09. The number of carbonyl (C=O) groups is 1. The van der Waals surface area contributed by atoms with Crippen molar-refractivity contribution in [1.82, 2.24) is 4.90 Å². The lowest BCUT2D eigenvalue weighted by molar-refractivity contribution is -0.118. The molecule has 24 heavy (non-hydrogen) atoms. The Labute approximate surface area is 143 Å². The minimum atomic E-state index is -0.675. The molecule has 132 valence electrons. The molecule has 0 radical (unpaired) electrons. The molecule has 0 unspecified atom stereocenters. The van der Waals surface area contributed by atoms with Crippen LogP contribution in [0.4, 0.5) is 4.79 Å². The minimum Gasteiger partial charge on any atom is -0.497 e. The normalized spacial score (nSPS) is 29.7. The van der Waals surface area contributed by atoms with Crippen molar-refractivity contribution in [1.29, 1.82) is 0 Å². The first-order valence-corrected chi connectivity index (χ1v) is 8.89. The smallest absolute Gasteiger partial charge is 0.410 e. The molecule has 0 bridgehead atoms. The van der Waals surface area contributed by atoms with Gasteiger partial charge in [-0.05, 0) is 43.9 Å². The number of amides is 1. The van der Waals surface area contributed by atoms with E-state index in [1.807, 2.05) is 31.2 Å². The molecule has 1 N–H and O–H groups in total. The summed E-state index contributed by atoms with van der Waals surface area (Å²) in [7, 11) is 1.64. The van der Waals surface area contributed by atoms with Crippen LogP contribution in [0.3, 0.4) is 0 Å². The van der Waals surface area contributed by atoms with Gasteiger partial charge in [0.15, 0.2) is 0 Å². The molecule has 3 atom stereocenters. The summed E-state index contributed by atoms with van der Waals surface area (Å²) in [6.45, 7) is 2.71. The monoisotopic (exact) mass is 333 g/mol. The van der Waals surface area contributed by atoms with Crippen LogP contribution in [0.25, 0.3) is 0 Å². The Bertz CT molecular complexity index is 573. The van der Waals surface area contributed by atoms with Crippen LogP contribution in [-0.2, 0) is 4.74 Å². The molecular weight excluding hydrogens is 306 g/mol. The van der Waals surface area contributed by atoms with Crippen LogP contribution in [-0.4, -0.2) is 42.0 Å². The number of carbonyl (C=O) groups excluding carboxylic acids is 1. The van der Waals surface area contributed by atoms with Crippen molar-refractivity contribution >= 4 is 6.09 Å². The number of nitrogens with zero attached hydrogens (tertiary/aromatic N) is 1. The average Bonchev–Trinajstić information content (AvgIpc) is 2.60. The number of hydrogen-bond acceptors (Lipinski definition) is 4. The molecule has 5 nitrogen and oxygen atoms in total. The molecule has 5 heteroatoms. The minimum absolute atomic E-state index is 0.0535. The zero-order valence-corrected chi connectivity index (χ0v) is 14.5. The lowest BCUT2D eigenvalue weighted by Gasteiger charge is -2.52. The van der Waals surface area contributed by atoms with Crippen LogP contribution >= 0.6 is 0 Å². The quantitative estimate of drug-likeness (QED) is 0.919. The maximum atomic E-state index is 12.5. The van der Waals surface area contributed by atoms with E-state index >= 15 is 0 Å². The van der Waals surface area contributed by atoms with Crippen molar-refractivity contribution < 1.29 is 19.4 Å². The van der Waals surface area contributed by atoms with E-state index < -0.39 is 5.60 Å². The van der Waals surface area contributed by atoms with Gasteiger partial charge < -0.3 is 19.5 Å². The van der Waals surface area contributed by atoms with E-state index in [1.54, 1.807) is 12.0 Å². The fourth-order valence-corrected chi connectivity index (χ4v) is 4.31. The highest BCUT2D eigenvalue weighted by Gasteiger charge is 2.50. The van der Waals surface area contributed by atoms with Crippen molar-refractivity contribution in [2.75, 3.05) is 20.3 Å². The fourth-order valence-electron chi connectivity index (χ4n) is 4.31. The first kappa shape index (κ1) is 17.1. The summed E-state index contributed by atoms with van der Waals surface area (Å²) in [6, 6.07) is 7.67. The molecule has 1 aliphatic carbocycles. The predicted molar refractivity (Wildman–Crippen MR) is 91.0 cm³/mol. The molecule has 2 aliphatic rings. The van der Waals surface area contributed by atoms with Gasteiger partial charge in [-0.15, -0.1) is 0 Å². The largest absolute Gasteiger partial charge is 0.497 e. The highest BCUT2D eigenvalue weighted by Crippen LogP contribution is 2.49. The van der Waals surface area contributed by atoms with Gasteiger partial charge in [-0.3, -0.25) is 0 Å². The van der Waals surface area contributed by atoms with Gasteiger partial charge in [-0.2, -0.15) is 0 Å². The molecule has 0 spiro atoms. The maximum Gasteiger partial charge on any atom is 0.410 e. The Morgan fingerprint density at radius 3 is 2.71 bits per heavy atom. The van der Waals surface area contributed by atoms with Gasteiger partial charge >= 0.3 is 6.09 Å². The topological polar surface area (TPSA) is 59.0 Å². The first-order valence-electron chi connectivity index (χ1n) is 8.89. The van der Waals surface area contributed by atoms with E-state index in [4.69, 9.17) is 9.47 Å². The van der Waals surface area contributed by atoms with E-state index in [2.05, 4.69) is 0 Å². The molecule has 1 aliphatic heterocycles. The van der Waals surface area contributed by atoms with E-state index in [0.29, 0.717) is 19.6 Å². The number of hydrogen-bond donors (Lipinski definition) is 1. The van der Waals surface area contributed by atoms with Gasteiger partial charge in [0, 0.05) is 12.5 Å². The highest BCUT2D eigenvalue weighted by atomic mass is 16.6. The summed E-state index contributed by atoms with van der Waals surface area (Å²) in [5.41, 5.74) is 0.361. The number of aliphatic hydroxyl groups is 1. The van der Waals surface area contributed by atoms with Crippen LogP contribution in [0.5, 0.6) is 5.75 Å². The number of benzene rings is 1. The van der Waals surface area contributed by atoms with Crippen LogP contribution in [0.15, 0.2) is 24.3 Å². The molecule has 2 fully saturated rings. The average molecular weight is 333 g/mol. The van der Waals surface area contributed by atoms with Gasteiger partial charge in [0.2, 0.25) is 0 Å². The number of likely N-dealkylation sites (tertiary alicyclic amines) is 1. The lowest BCUT2D eigenvalue weighted by Crippen LogP contribution is -2.56. The molecule has 1 saturated carbocycles. The van der Waals surface area contributed by atoms with Crippen molar-refractivity contribution in [2.45, 2.75) is 50.7 Å². The van der Waals surface area contributed by atoms with E-state index in [9.17, 15) is 9.90 Å². The van der Waals surface area contributed by atoms with Crippen LogP contribution in [0, 0.1) is 5.92 Å². The van der Waals surface area contributed by atoms with Crippen molar-refractivity contribution in [3.8, 4) is 5.75 Å². The summed E-state index contributed by atoms with van der Waals surface area (Å²) >= 11 is 0.